The van der Waals surface area contributed by atoms with Gasteiger partial charge in [0.2, 0.25) is 10.0 Å². The number of morpholine rings is 1. The molecule has 30 heavy (non-hydrogen) atoms. The van der Waals surface area contributed by atoms with Crippen LogP contribution >= 0.6 is 11.3 Å². The van der Waals surface area contributed by atoms with Crippen LogP contribution in [-0.2, 0) is 21.3 Å². The second-order valence-electron chi connectivity index (χ2n) is 6.64. The van der Waals surface area contributed by atoms with Gasteiger partial charge in [-0.2, -0.15) is 4.31 Å². The van der Waals surface area contributed by atoms with Crippen molar-refractivity contribution >= 4 is 27.3 Å². The summed E-state index contributed by atoms with van der Waals surface area (Å²) in [4.78, 5) is 15.1. The van der Waals surface area contributed by atoms with Crippen LogP contribution in [0.15, 0.2) is 34.5 Å². The maximum Gasteiger partial charge on any atom is 0.265 e. The van der Waals surface area contributed by atoms with Crippen molar-refractivity contribution in [3.05, 3.63) is 40.1 Å². The Balaban J connectivity index is 1.84. The Hall–Kier alpha value is -2.14. The van der Waals surface area contributed by atoms with E-state index in [1.807, 2.05) is 19.1 Å². The monoisotopic (exact) mass is 454 g/mol. The molecule has 3 rings (SSSR count). The molecule has 2 heterocycles. The number of carbonyl (C=O) groups excluding carboxylic acids is 1. The first kappa shape index (κ1) is 22.5. The van der Waals surface area contributed by atoms with Crippen LogP contribution in [0.5, 0.6) is 11.5 Å². The fourth-order valence-corrected chi connectivity index (χ4v) is 6.02. The summed E-state index contributed by atoms with van der Waals surface area (Å²) in [5, 5.41) is 1.64. The molecule has 1 amide bonds. The van der Waals surface area contributed by atoms with E-state index in [-0.39, 0.29) is 28.8 Å². The summed E-state index contributed by atoms with van der Waals surface area (Å²) in [6, 6.07) is 6.96. The molecule has 0 unspecified atom stereocenters. The van der Waals surface area contributed by atoms with Gasteiger partial charge in [-0.1, -0.05) is 6.07 Å². The van der Waals surface area contributed by atoms with Gasteiger partial charge in [-0.25, -0.2) is 8.42 Å². The predicted molar refractivity (Wildman–Crippen MR) is 114 cm³/mol. The van der Waals surface area contributed by atoms with Crippen molar-refractivity contribution in [1.82, 2.24) is 9.21 Å². The molecule has 0 radical (unpaired) electrons. The van der Waals surface area contributed by atoms with E-state index in [2.05, 4.69) is 0 Å². The fourth-order valence-electron chi connectivity index (χ4n) is 3.25. The molecular formula is C20H26N2O6S2. The van der Waals surface area contributed by atoms with Crippen molar-refractivity contribution in [2.45, 2.75) is 18.4 Å². The van der Waals surface area contributed by atoms with Crippen LogP contribution in [0.25, 0.3) is 0 Å². The van der Waals surface area contributed by atoms with Crippen molar-refractivity contribution in [2.75, 3.05) is 47.1 Å². The van der Waals surface area contributed by atoms with Crippen molar-refractivity contribution in [2.24, 2.45) is 0 Å². The normalized spacial score (nSPS) is 15.0. The third-order valence-electron chi connectivity index (χ3n) is 4.90. The van der Waals surface area contributed by atoms with Gasteiger partial charge in [0.15, 0.2) is 11.5 Å². The van der Waals surface area contributed by atoms with Crippen LogP contribution in [0.1, 0.15) is 22.2 Å². The molecule has 164 valence electrons. The molecule has 0 bridgehead atoms. The van der Waals surface area contributed by atoms with Gasteiger partial charge >= 0.3 is 0 Å². The molecule has 10 heteroatoms. The lowest BCUT2D eigenvalue weighted by molar-refractivity contribution is 0.0725. The van der Waals surface area contributed by atoms with Crippen LogP contribution in [0.2, 0.25) is 0 Å². The number of hydrogen-bond acceptors (Lipinski definition) is 7. The molecule has 1 aliphatic rings. The molecule has 2 aromatic rings. The largest absolute Gasteiger partial charge is 0.493 e. The van der Waals surface area contributed by atoms with Crippen LogP contribution in [0.3, 0.4) is 0 Å². The van der Waals surface area contributed by atoms with Gasteiger partial charge in [-0.05, 0) is 36.1 Å². The fraction of sp³-hybridized carbons (Fsp3) is 0.450. The SMILES string of the molecule is CCN(Cc1ccc(OC)c(OC)c1)C(=O)c1sccc1S(=O)(=O)N1CCOCC1. The molecule has 1 aromatic heterocycles. The average Bonchev–Trinajstić information content (AvgIpc) is 3.28. The highest BCUT2D eigenvalue weighted by atomic mass is 32.2. The molecular weight excluding hydrogens is 428 g/mol. The average molecular weight is 455 g/mol. The summed E-state index contributed by atoms with van der Waals surface area (Å²) in [6.45, 7) is 3.90. The number of amides is 1. The van der Waals surface area contributed by atoms with Crippen LogP contribution in [-0.4, -0.2) is 70.6 Å². The minimum atomic E-state index is -3.75. The Morgan fingerprint density at radius 1 is 1.17 bits per heavy atom. The second kappa shape index (κ2) is 9.78. The van der Waals surface area contributed by atoms with Gasteiger partial charge < -0.3 is 19.1 Å². The maximum atomic E-state index is 13.2. The Labute approximate surface area is 181 Å². The van der Waals surface area contributed by atoms with Gasteiger partial charge in [-0.15, -0.1) is 11.3 Å². The summed E-state index contributed by atoms with van der Waals surface area (Å²) < 4.78 is 43.4. The number of rotatable bonds is 8. The van der Waals surface area contributed by atoms with E-state index in [1.165, 1.54) is 10.4 Å². The molecule has 1 aromatic carbocycles. The van der Waals surface area contributed by atoms with Gasteiger partial charge in [0, 0.05) is 26.2 Å². The van der Waals surface area contributed by atoms with Gasteiger partial charge in [0.05, 0.1) is 27.4 Å². The van der Waals surface area contributed by atoms with E-state index in [4.69, 9.17) is 14.2 Å². The summed E-state index contributed by atoms with van der Waals surface area (Å²) in [5.74, 6) is 0.868. The lowest BCUT2D eigenvalue weighted by Gasteiger charge is -2.27. The lowest BCUT2D eigenvalue weighted by Crippen LogP contribution is -2.41. The number of methoxy groups -OCH3 is 2. The third kappa shape index (κ3) is 4.61. The van der Waals surface area contributed by atoms with Gasteiger partial charge in [0.25, 0.3) is 5.91 Å². The number of nitrogens with zero attached hydrogens (tertiary/aromatic N) is 2. The molecule has 1 saturated heterocycles. The Kier molecular flexibility index (Phi) is 7.35. The zero-order chi connectivity index (χ0) is 21.7. The number of benzene rings is 1. The summed E-state index contributed by atoms with van der Waals surface area (Å²) >= 11 is 1.14. The lowest BCUT2D eigenvalue weighted by atomic mass is 10.2. The highest BCUT2D eigenvalue weighted by Crippen LogP contribution is 2.30. The molecule has 1 aliphatic heterocycles. The third-order valence-corrected chi connectivity index (χ3v) is 7.87. The molecule has 0 aliphatic carbocycles. The number of sulfonamides is 1. The topological polar surface area (TPSA) is 85.4 Å². The van der Waals surface area contributed by atoms with Gasteiger partial charge in [0.1, 0.15) is 9.77 Å². The first-order valence-electron chi connectivity index (χ1n) is 9.58. The highest BCUT2D eigenvalue weighted by molar-refractivity contribution is 7.89. The zero-order valence-electron chi connectivity index (χ0n) is 17.3. The molecule has 0 atom stereocenters. The highest BCUT2D eigenvalue weighted by Gasteiger charge is 2.32. The molecule has 8 nitrogen and oxygen atoms in total. The van der Waals surface area contributed by atoms with Crippen LogP contribution in [0, 0.1) is 0 Å². The van der Waals surface area contributed by atoms with Crippen molar-refractivity contribution in [3.8, 4) is 11.5 Å². The predicted octanol–water partition coefficient (Wildman–Crippen LogP) is 2.45. The Morgan fingerprint density at radius 3 is 2.50 bits per heavy atom. The number of hydrogen-bond donors (Lipinski definition) is 0. The van der Waals surface area contributed by atoms with E-state index in [0.29, 0.717) is 37.8 Å². The molecule has 0 N–H and O–H groups in total. The first-order valence-corrected chi connectivity index (χ1v) is 11.9. The number of carbonyl (C=O) groups is 1. The summed E-state index contributed by atoms with van der Waals surface area (Å²) in [5.41, 5.74) is 0.858. The van der Waals surface area contributed by atoms with Crippen molar-refractivity contribution < 1.29 is 27.4 Å². The quantitative estimate of drug-likeness (QED) is 0.609. The van der Waals surface area contributed by atoms with E-state index >= 15 is 0 Å². The number of thiophene rings is 1. The number of ether oxygens (including phenoxy) is 3. The van der Waals surface area contributed by atoms with E-state index < -0.39 is 10.0 Å². The van der Waals surface area contributed by atoms with Crippen molar-refractivity contribution in [3.63, 3.8) is 0 Å². The summed E-state index contributed by atoms with van der Waals surface area (Å²) in [6.07, 6.45) is 0. The standard InChI is InChI=1S/C20H26N2O6S2/c1-4-21(14-15-5-6-16(26-2)17(13-15)27-3)20(23)19-18(7-12-29-19)30(24,25)22-8-10-28-11-9-22/h5-7,12-13H,4,8-11,14H2,1-3H3. The van der Waals surface area contributed by atoms with Gasteiger partial charge in [-0.3, -0.25) is 4.79 Å². The van der Waals surface area contributed by atoms with E-state index in [0.717, 1.165) is 16.9 Å². The van der Waals surface area contributed by atoms with Crippen LogP contribution < -0.4 is 9.47 Å². The summed E-state index contributed by atoms with van der Waals surface area (Å²) in [7, 11) is -0.632. The van der Waals surface area contributed by atoms with E-state index in [1.54, 1.807) is 30.6 Å². The Bertz CT molecular complexity index is 983. The molecule has 0 saturated carbocycles. The van der Waals surface area contributed by atoms with E-state index in [9.17, 15) is 13.2 Å². The smallest absolute Gasteiger partial charge is 0.265 e. The zero-order valence-corrected chi connectivity index (χ0v) is 18.9. The Morgan fingerprint density at radius 2 is 1.87 bits per heavy atom. The minimum Gasteiger partial charge on any atom is -0.493 e. The molecule has 1 fully saturated rings. The maximum absolute atomic E-state index is 13.2. The van der Waals surface area contributed by atoms with Crippen molar-refractivity contribution in [1.29, 1.82) is 0 Å². The second-order valence-corrected chi connectivity index (χ2v) is 9.46. The minimum absolute atomic E-state index is 0.0603. The molecule has 0 spiro atoms. The first-order chi connectivity index (χ1) is 14.4. The van der Waals surface area contributed by atoms with Crippen LogP contribution in [0.4, 0.5) is 0 Å².